The Morgan fingerprint density at radius 3 is 2.77 bits per heavy atom. The van der Waals surface area contributed by atoms with Crippen molar-refractivity contribution in [2.45, 2.75) is 87.4 Å². The van der Waals surface area contributed by atoms with Crippen LogP contribution in [0.25, 0.3) is 11.5 Å². The van der Waals surface area contributed by atoms with Gasteiger partial charge in [-0.05, 0) is 58.4 Å². The van der Waals surface area contributed by atoms with Gasteiger partial charge < -0.3 is 19.5 Å². The molecule has 4 fully saturated rings. The fourth-order valence-corrected chi connectivity index (χ4v) is 7.20. The van der Waals surface area contributed by atoms with E-state index >= 15 is 4.39 Å². The molecule has 0 unspecified atom stereocenters. The van der Waals surface area contributed by atoms with Gasteiger partial charge in [0.2, 0.25) is 5.82 Å². The molecule has 39 heavy (non-hydrogen) atoms. The Labute approximate surface area is 226 Å². The lowest BCUT2D eigenvalue weighted by Crippen LogP contribution is -2.53. The Morgan fingerprint density at radius 1 is 1.15 bits per heavy atom. The number of aromatic nitrogens is 3. The summed E-state index contributed by atoms with van der Waals surface area (Å²) in [5, 5.41) is 7.95. The predicted octanol–water partition coefficient (Wildman–Crippen LogP) is 3.35. The third-order valence-electron chi connectivity index (χ3n) is 9.64. The number of piperazine rings is 1. The van der Waals surface area contributed by atoms with Gasteiger partial charge in [-0.1, -0.05) is 11.6 Å². The largest absolute Gasteiger partial charge is 0.474 e. The highest BCUT2D eigenvalue weighted by Gasteiger charge is 2.49. The van der Waals surface area contributed by atoms with Crippen LogP contribution >= 0.6 is 0 Å². The zero-order valence-corrected chi connectivity index (χ0v) is 22.5. The fourth-order valence-electron chi connectivity index (χ4n) is 7.20. The zero-order valence-electron chi connectivity index (χ0n) is 22.5. The van der Waals surface area contributed by atoms with Crippen molar-refractivity contribution >= 4 is 11.6 Å². The Hall–Kier alpha value is -2.66. The molecular weight excluding hydrogens is 506 g/mol. The van der Waals surface area contributed by atoms with E-state index in [-0.39, 0.29) is 41.5 Å². The van der Waals surface area contributed by atoms with Gasteiger partial charge in [-0.2, -0.15) is 9.37 Å². The Kier molecular flexibility index (Phi) is 6.15. The number of ketones is 1. The van der Waals surface area contributed by atoms with Gasteiger partial charge in [0, 0.05) is 49.7 Å². The van der Waals surface area contributed by atoms with Crippen molar-refractivity contribution < 1.29 is 22.8 Å². The number of alkyl halides is 1. The zero-order chi connectivity index (χ0) is 26.8. The topological polar surface area (TPSA) is 96.6 Å². The van der Waals surface area contributed by atoms with Gasteiger partial charge in [-0.25, -0.2) is 9.37 Å². The van der Waals surface area contributed by atoms with Crippen LogP contribution in [0.3, 0.4) is 0 Å². The number of carbonyl (C=O) groups is 1. The van der Waals surface area contributed by atoms with E-state index < -0.39 is 17.4 Å². The van der Waals surface area contributed by atoms with Crippen molar-refractivity contribution in [3.8, 4) is 17.4 Å². The number of nitrogens with zero attached hydrogens (tertiary/aromatic N) is 5. The summed E-state index contributed by atoms with van der Waals surface area (Å²) in [6.45, 7) is 2.47. The van der Waals surface area contributed by atoms with Gasteiger partial charge in [0.15, 0.2) is 23.1 Å². The molecule has 4 heterocycles. The molecule has 2 spiro atoms. The van der Waals surface area contributed by atoms with Crippen LogP contribution in [0.5, 0.6) is 5.88 Å². The monoisotopic (exact) mass is 542 g/mol. The normalized spacial score (nSPS) is 30.2. The summed E-state index contributed by atoms with van der Waals surface area (Å²) in [6.07, 6.45) is 7.08. The maximum absolute atomic E-state index is 16.0. The number of halogens is 2. The summed E-state index contributed by atoms with van der Waals surface area (Å²) in [7, 11) is 1.85. The van der Waals surface area contributed by atoms with E-state index in [0.29, 0.717) is 50.4 Å². The molecule has 2 aromatic rings. The van der Waals surface area contributed by atoms with E-state index in [9.17, 15) is 9.18 Å². The van der Waals surface area contributed by atoms with E-state index in [1.54, 1.807) is 0 Å². The van der Waals surface area contributed by atoms with Gasteiger partial charge in [-0.15, -0.1) is 0 Å². The second-order valence-corrected chi connectivity index (χ2v) is 12.3. The number of hydrogen-bond donors (Lipinski definition) is 1. The minimum Gasteiger partial charge on any atom is -0.474 e. The average molecular weight is 543 g/mol. The van der Waals surface area contributed by atoms with Crippen molar-refractivity contribution in [2.24, 2.45) is 0 Å². The minimum absolute atomic E-state index is 0.0142. The Bertz CT molecular complexity index is 1280. The molecule has 0 amide bonds. The lowest BCUT2D eigenvalue weighted by molar-refractivity contribution is -0.128. The molecule has 0 aromatic carbocycles. The third-order valence-corrected chi connectivity index (χ3v) is 9.64. The lowest BCUT2D eigenvalue weighted by atomic mass is 9.64. The number of fused-ring (bicyclic) bond motifs is 2. The van der Waals surface area contributed by atoms with Crippen molar-refractivity contribution in [3.63, 3.8) is 0 Å². The highest BCUT2D eigenvalue weighted by atomic mass is 19.1. The van der Waals surface area contributed by atoms with Gasteiger partial charge in [-0.3, -0.25) is 9.69 Å². The highest BCUT2D eigenvalue weighted by molar-refractivity contribution is 5.91. The van der Waals surface area contributed by atoms with Gasteiger partial charge in [0.25, 0.3) is 5.88 Å². The number of nitrogens with one attached hydrogen (secondary N) is 1. The van der Waals surface area contributed by atoms with Crippen LogP contribution in [-0.2, 0) is 16.6 Å². The molecule has 3 aliphatic carbocycles. The standard InChI is InChI=1S/C28H36F2N6O3/c1-35-14-17(29)13-18(35)15-38-26-21(30)25(36-12-11-31-27(16-36)9-10-27)32-24(33-26)22-19-5-4-8-28(23(19)39-34-22)7-3-2-6-20(28)37/h17-18,31H,2-16H2,1H3/t17-,18+,28-/m1/s1. The van der Waals surface area contributed by atoms with Gasteiger partial charge in [0.1, 0.15) is 18.6 Å². The fraction of sp³-hybridized carbons (Fsp3) is 0.714. The summed E-state index contributed by atoms with van der Waals surface area (Å²) >= 11 is 0. The first kappa shape index (κ1) is 25.3. The van der Waals surface area contributed by atoms with Crippen molar-refractivity contribution in [2.75, 3.05) is 44.7 Å². The lowest BCUT2D eigenvalue weighted by Gasteiger charge is -2.36. The van der Waals surface area contributed by atoms with Crippen LogP contribution in [0.15, 0.2) is 4.52 Å². The molecule has 11 heteroatoms. The van der Waals surface area contributed by atoms with E-state index in [2.05, 4.69) is 15.5 Å². The van der Waals surface area contributed by atoms with E-state index in [0.717, 1.165) is 57.1 Å². The van der Waals surface area contributed by atoms with Crippen LogP contribution < -0.4 is 15.0 Å². The second kappa shape index (κ2) is 9.47. The second-order valence-electron chi connectivity index (χ2n) is 12.3. The van der Waals surface area contributed by atoms with Crippen LogP contribution in [0.1, 0.15) is 69.1 Å². The number of anilines is 1. The molecule has 2 saturated heterocycles. The summed E-state index contributed by atoms with van der Waals surface area (Å²) in [6, 6.07) is -0.160. The van der Waals surface area contributed by atoms with Gasteiger partial charge >= 0.3 is 0 Å². The van der Waals surface area contributed by atoms with Crippen LogP contribution in [0, 0.1) is 5.82 Å². The number of rotatable bonds is 5. The number of ether oxygens (including phenoxy) is 1. The minimum atomic E-state index is -0.919. The van der Waals surface area contributed by atoms with Crippen molar-refractivity contribution in [3.05, 3.63) is 17.1 Å². The smallest absolute Gasteiger partial charge is 0.256 e. The maximum Gasteiger partial charge on any atom is 0.256 e. The number of carbonyl (C=O) groups excluding carboxylic acids is 1. The molecule has 7 rings (SSSR count). The third kappa shape index (κ3) is 4.32. The van der Waals surface area contributed by atoms with Crippen LogP contribution in [-0.4, -0.2) is 83.4 Å². The first-order valence-electron chi connectivity index (χ1n) is 14.4. The van der Waals surface area contributed by atoms with Crippen LogP contribution in [0.2, 0.25) is 0 Å². The Morgan fingerprint density at radius 2 is 2.00 bits per heavy atom. The van der Waals surface area contributed by atoms with E-state index in [1.807, 2.05) is 16.8 Å². The molecule has 2 aliphatic heterocycles. The first-order chi connectivity index (χ1) is 18.9. The molecule has 0 radical (unpaired) electrons. The SMILES string of the molecule is CN1C[C@H](F)C[C@H]1COc1nc(-c2noc3c2CCC[C@@]32CCCCC2=O)nc(N2CCNC3(CC3)C2)c1F. The molecule has 5 aliphatic rings. The summed E-state index contributed by atoms with van der Waals surface area (Å²) in [5.74, 6) is 0.561. The van der Waals surface area contributed by atoms with Crippen LogP contribution in [0.4, 0.5) is 14.6 Å². The molecule has 210 valence electrons. The van der Waals surface area contributed by atoms with E-state index in [4.69, 9.17) is 14.2 Å². The number of hydrogen-bond acceptors (Lipinski definition) is 9. The predicted molar refractivity (Wildman–Crippen MR) is 139 cm³/mol. The summed E-state index contributed by atoms with van der Waals surface area (Å²) in [4.78, 5) is 26.2. The van der Waals surface area contributed by atoms with Crippen molar-refractivity contribution in [1.82, 2.24) is 25.3 Å². The summed E-state index contributed by atoms with van der Waals surface area (Å²) in [5.41, 5.74) is 0.716. The quantitative estimate of drug-likeness (QED) is 0.610. The highest BCUT2D eigenvalue weighted by Crippen LogP contribution is 2.48. The molecule has 2 saturated carbocycles. The molecule has 0 bridgehead atoms. The van der Waals surface area contributed by atoms with Crippen molar-refractivity contribution in [1.29, 1.82) is 0 Å². The van der Waals surface area contributed by atoms with Gasteiger partial charge in [0.05, 0.1) is 5.41 Å². The number of Topliss-reactive ketones (excluding diaryl/α,β-unsaturated/α-hetero) is 1. The molecule has 1 N–H and O–H groups in total. The molecule has 9 nitrogen and oxygen atoms in total. The Balaban J connectivity index is 1.27. The number of likely N-dealkylation sites (N-methyl/N-ethyl adjacent to an activating group) is 1. The maximum atomic E-state index is 16.0. The molecule has 2 aromatic heterocycles. The molecule has 3 atom stereocenters. The molecular formula is C28H36F2N6O3. The van der Waals surface area contributed by atoms with E-state index in [1.165, 1.54) is 0 Å². The first-order valence-corrected chi connectivity index (χ1v) is 14.4. The average Bonchev–Trinajstić information content (AvgIpc) is 3.36. The summed E-state index contributed by atoms with van der Waals surface area (Å²) < 4.78 is 41.8. The number of likely N-dealkylation sites (tertiary alicyclic amines) is 1.